The Hall–Kier alpha value is -1.19. The van der Waals surface area contributed by atoms with Crippen molar-refractivity contribution in [3.05, 3.63) is 23.4 Å². The molecule has 0 amide bonds. The average molecular weight is 172 g/mol. The second-order valence-electron chi connectivity index (χ2n) is 2.42. The zero-order valence-electron chi connectivity index (χ0n) is 6.72. The van der Waals surface area contributed by atoms with Crippen molar-refractivity contribution >= 4 is 5.82 Å². The van der Waals surface area contributed by atoms with E-state index in [2.05, 4.69) is 4.98 Å². The van der Waals surface area contributed by atoms with Crippen molar-refractivity contribution in [2.24, 2.45) is 0 Å². The summed E-state index contributed by atoms with van der Waals surface area (Å²) in [5, 5.41) is 0. The van der Waals surface area contributed by atoms with Crippen LogP contribution in [0.25, 0.3) is 0 Å². The molecule has 0 saturated carbocycles. The van der Waals surface area contributed by atoms with Crippen LogP contribution in [0, 0.1) is 0 Å². The summed E-state index contributed by atoms with van der Waals surface area (Å²) >= 11 is 0. The molecule has 0 aliphatic carbocycles. The van der Waals surface area contributed by atoms with Gasteiger partial charge < -0.3 is 5.73 Å². The zero-order valence-corrected chi connectivity index (χ0v) is 6.72. The summed E-state index contributed by atoms with van der Waals surface area (Å²) in [6.07, 6.45) is -0.680. The molecule has 0 saturated heterocycles. The van der Waals surface area contributed by atoms with E-state index in [0.29, 0.717) is 12.0 Å². The summed E-state index contributed by atoms with van der Waals surface area (Å²) in [6, 6.07) is 1.31. The molecule has 0 radical (unpaired) electrons. The molecular weight excluding hydrogens is 162 g/mol. The van der Waals surface area contributed by atoms with Gasteiger partial charge in [0.05, 0.1) is 0 Å². The number of nitrogens with two attached hydrogens (primary N) is 1. The fourth-order valence-electron chi connectivity index (χ4n) is 1.11. The Morgan fingerprint density at radius 3 is 2.67 bits per heavy atom. The Morgan fingerprint density at radius 2 is 2.25 bits per heavy atom. The van der Waals surface area contributed by atoms with Crippen LogP contribution in [-0.4, -0.2) is 4.98 Å². The van der Waals surface area contributed by atoms with Crippen molar-refractivity contribution < 1.29 is 8.78 Å². The highest BCUT2D eigenvalue weighted by molar-refractivity contribution is 5.44. The Bertz CT molecular complexity index is 274. The van der Waals surface area contributed by atoms with Gasteiger partial charge in [-0.1, -0.05) is 6.92 Å². The molecule has 0 aliphatic heterocycles. The monoisotopic (exact) mass is 172 g/mol. The minimum atomic E-state index is -2.47. The molecule has 4 heteroatoms. The fourth-order valence-corrected chi connectivity index (χ4v) is 1.11. The smallest absolute Gasteiger partial charge is 0.264 e. The second kappa shape index (κ2) is 3.47. The van der Waals surface area contributed by atoms with E-state index in [1.54, 1.807) is 6.92 Å². The van der Waals surface area contributed by atoms with Gasteiger partial charge in [-0.05, 0) is 12.5 Å². The van der Waals surface area contributed by atoms with Crippen LogP contribution in [0.3, 0.4) is 0 Å². The largest absolute Gasteiger partial charge is 0.383 e. The SMILES string of the molecule is CCc1c(C(F)F)ccnc1N. The molecule has 1 aromatic heterocycles. The lowest BCUT2D eigenvalue weighted by atomic mass is 10.1. The topological polar surface area (TPSA) is 38.9 Å². The van der Waals surface area contributed by atoms with Crippen LogP contribution < -0.4 is 5.73 Å². The van der Waals surface area contributed by atoms with Gasteiger partial charge >= 0.3 is 0 Å². The van der Waals surface area contributed by atoms with Crippen molar-refractivity contribution in [2.45, 2.75) is 19.8 Å². The summed E-state index contributed by atoms with van der Waals surface area (Å²) in [5.41, 5.74) is 5.87. The first kappa shape index (κ1) is 8.90. The van der Waals surface area contributed by atoms with E-state index in [-0.39, 0.29) is 11.4 Å². The molecule has 1 aromatic rings. The molecule has 0 atom stereocenters. The maximum Gasteiger partial charge on any atom is 0.264 e. The number of alkyl halides is 2. The standard InChI is InChI=1S/C8H10F2N2/c1-2-5-6(7(9)10)3-4-12-8(5)11/h3-4,7H,2H2,1H3,(H2,11,12). The third-order valence-corrected chi connectivity index (χ3v) is 1.71. The molecular formula is C8H10F2N2. The molecule has 0 aromatic carbocycles. The predicted octanol–water partition coefficient (Wildman–Crippen LogP) is 2.16. The van der Waals surface area contributed by atoms with Gasteiger partial charge in [0, 0.05) is 17.3 Å². The number of rotatable bonds is 2. The Balaban J connectivity index is 3.18. The lowest BCUT2D eigenvalue weighted by Gasteiger charge is -2.07. The highest BCUT2D eigenvalue weighted by Crippen LogP contribution is 2.25. The van der Waals surface area contributed by atoms with E-state index >= 15 is 0 Å². The lowest BCUT2D eigenvalue weighted by Crippen LogP contribution is -2.01. The van der Waals surface area contributed by atoms with Crippen molar-refractivity contribution in [3.63, 3.8) is 0 Å². The summed E-state index contributed by atoms with van der Waals surface area (Å²) in [6.45, 7) is 1.78. The van der Waals surface area contributed by atoms with Crippen molar-refractivity contribution in [1.82, 2.24) is 4.98 Å². The maximum atomic E-state index is 12.3. The summed E-state index contributed by atoms with van der Waals surface area (Å²) in [5.74, 6) is 0.204. The summed E-state index contributed by atoms with van der Waals surface area (Å²) in [4.78, 5) is 3.74. The van der Waals surface area contributed by atoms with Gasteiger partial charge in [0.2, 0.25) is 0 Å². The Morgan fingerprint density at radius 1 is 1.58 bits per heavy atom. The summed E-state index contributed by atoms with van der Waals surface area (Å²) < 4.78 is 24.6. The van der Waals surface area contributed by atoms with Gasteiger partial charge in [-0.15, -0.1) is 0 Å². The molecule has 0 fully saturated rings. The molecule has 1 heterocycles. The van der Waals surface area contributed by atoms with Crippen LogP contribution in [0.4, 0.5) is 14.6 Å². The van der Waals surface area contributed by atoms with Crippen LogP contribution in [0.5, 0.6) is 0 Å². The quantitative estimate of drug-likeness (QED) is 0.742. The first-order valence-electron chi connectivity index (χ1n) is 3.68. The minimum absolute atomic E-state index is 0.00926. The molecule has 2 nitrogen and oxygen atoms in total. The normalized spacial score (nSPS) is 10.7. The van der Waals surface area contributed by atoms with Gasteiger partial charge in [0.25, 0.3) is 6.43 Å². The van der Waals surface area contributed by atoms with Gasteiger partial charge in [-0.25, -0.2) is 13.8 Å². The molecule has 2 N–H and O–H groups in total. The number of nitrogens with zero attached hydrogens (tertiary/aromatic N) is 1. The third kappa shape index (κ3) is 1.52. The van der Waals surface area contributed by atoms with E-state index in [1.807, 2.05) is 0 Å². The molecule has 66 valence electrons. The molecule has 0 aliphatic rings. The zero-order chi connectivity index (χ0) is 9.14. The number of aromatic nitrogens is 1. The summed E-state index contributed by atoms with van der Waals surface area (Å²) in [7, 11) is 0. The molecule has 12 heavy (non-hydrogen) atoms. The van der Waals surface area contributed by atoms with Crippen LogP contribution in [0.2, 0.25) is 0 Å². The van der Waals surface area contributed by atoms with Crippen LogP contribution >= 0.6 is 0 Å². The van der Waals surface area contributed by atoms with E-state index in [9.17, 15) is 8.78 Å². The highest BCUT2D eigenvalue weighted by Gasteiger charge is 2.13. The van der Waals surface area contributed by atoms with Crippen molar-refractivity contribution in [2.75, 3.05) is 5.73 Å². The van der Waals surface area contributed by atoms with Crippen LogP contribution in [0.1, 0.15) is 24.5 Å². The third-order valence-electron chi connectivity index (χ3n) is 1.71. The number of hydrogen-bond donors (Lipinski definition) is 1. The first-order valence-corrected chi connectivity index (χ1v) is 3.68. The first-order chi connectivity index (χ1) is 5.66. The Kier molecular flexibility index (Phi) is 2.58. The molecule has 1 rings (SSSR count). The van der Waals surface area contributed by atoms with E-state index < -0.39 is 6.43 Å². The van der Waals surface area contributed by atoms with Gasteiger partial charge in [0.1, 0.15) is 5.82 Å². The number of halogens is 2. The van der Waals surface area contributed by atoms with Crippen molar-refractivity contribution in [3.8, 4) is 0 Å². The average Bonchev–Trinajstić information content (AvgIpc) is 2.03. The van der Waals surface area contributed by atoms with Crippen LogP contribution in [-0.2, 0) is 6.42 Å². The number of anilines is 1. The molecule has 0 bridgehead atoms. The number of pyridine rings is 1. The van der Waals surface area contributed by atoms with Crippen molar-refractivity contribution in [1.29, 1.82) is 0 Å². The van der Waals surface area contributed by atoms with E-state index in [0.717, 1.165) is 0 Å². The second-order valence-corrected chi connectivity index (χ2v) is 2.42. The molecule has 0 spiro atoms. The molecule has 0 unspecified atom stereocenters. The van der Waals surface area contributed by atoms with Crippen LogP contribution in [0.15, 0.2) is 12.3 Å². The maximum absolute atomic E-state index is 12.3. The van der Waals surface area contributed by atoms with E-state index in [4.69, 9.17) is 5.73 Å². The van der Waals surface area contributed by atoms with Gasteiger partial charge in [0.15, 0.2) is 0 Å². The minimum Gasteiger partial charge on any atom is -0.383 e. The fraction of sp³-hybridized carbons (Fsp3) is 0.375. The predicted molar refractivity (Wildman–Crippen MR) is 43.0 cm³/mol. The number of nitrogen functional groups attached to an aromatic ring is 1. The van der Waals surface area contributed by atoms with Gasteiger partial charge in [-0.2, -0.15) is 0 Å². The highest BCUT2D eigenvalue weighted by atomic mass is 19.3. The number of hydrogen-bond acceptors (Lipinski definition) is 2. The Labute approximate surface area is 69.4 Å². The van der Waals surface area contributed by atoms with Gasteiger partial charge in [-0.3, -0.25) is 0 Å². The van der Waals surface area contributed by atoms with E-state index in [1.165, 1.54) is 12.3 Å². The lowest BCUT2D eigenvalue weighted by molar-refractivity contribution is 0.150.